The van der Waals surface area contributed by atoms with Gasteiger partial charge in [-0.25, -0.2) is 22.5 Å². The zero-order valence-electron chi connectivity index (χ0n) is 18.4. The Bertz CT molecular complexity index is 1370. The number of benzene rings is 1. The minimum atomic E-state index is -2.82. The number of nitrogens with one attached hydrogen (secondary N) is 2. The average molecular weight is 469 g/mol. The molecule has 1 aromatic carbocycles. The van der Waals surface area contributed by atoms with Gasteiger partial charge in [0, 0.05) is 23.7 Å². The lowest BCUT2D eigenvalue weighted by molar-refractivity contribution is 0.158. The van der Waals surface area contributed by atoms with Crippen molar-refractivity contribution in [2.45, 2.75) is 20.3 Å². The van der Waals surface area contributed by atoms with E-state index in [0.717, 1.165) is 29.3 Å². The molecule has 0 spiro atoms. The summed E-state index contributed by atoms with van der Waals surface area (Å²) in [6.07, 6.45) is -1.81. The monoisotopic (exact) mass is 469 g/mol. The van der Waals surface area contributed by atoms with Crippen LogP contribution in [-0.4, -0.2) is 30.0 Å². The van der Waals surface area contributed by atoms with Gasteiger partial charge in [0.2, 0.25) is 0 Å². The highest BCUT2D eigenvalue weighted by atomic mass is 19.3. The second-order valence-corrected chi connectivity index (χ2v) is 8.16. The fourth-order valence-corrected chi connectivity index (χ4v) is 3.44. The fraction of sp³-hybridized carbons (Fsp3) is 0.261. The Kier molecular flexibility index (Phi) is 5.90. The molecule has 0 bridgehead atoms. The summed E-state index contributed by atoms with van der Waals surface area (Å²) in [5.41, 5.74) is 5.67. The molecule has 11 heteroatoms. The van der Waals surface area contributed by atoms with Gasteiger partial charge in [0.1, 0.15) is 34.1 Å². The van der Waals surface area contributed by atoms with Crippen molar-refractivity contribution < 1.29 is 17.6 Å². The second kappa shape index (κ2) is 8.69. The van der Waals surface area contributed by atoms with E-state index in [1.165, 1.54) is 6.07 Å². The van der Waals surface area contributed by atoms with Crippen molar-refractivity contribution >= 4 is 33.9 Å². The van der Waals surface area contributed by atoms with Crippen LogP contribution in [0.1, 0.15) is 19.4 Å². The van der Waals surface area contributed by atoms with Gasteiger partial charge in [-0.3, -0.25) is 15.4 Å². The number of anilines is 4. The molecule has 2 N–H and O–H groups in total. The van der Waals surface area contributed by atoms with Gasteiger partial charge in [0.25, 0.3) is 6.43 Å². The van der Waals surface area contributed by atoms with E-state index in [0.29, 0.717) is 11.2 Å². The number of hydrogen-bond acceptors (Lipinski definition) is 7. The van der Waals surface area contributed by atoms with Crippen LogP contribution in [0.25, 0.3) is 10.9 Å². The SMILES string of the molecule is CN1NNc2nc(N(CC(F)F)c3cc(F)cc(C#CC(C)(C)C#N)c3)c3cc(F)cnc3c21. The van der Waals surface area contributed by atoms with Crippen LogP contribution in [0, 0.1) is 40.2 Å². The molecule has 3 heterocycles. The number of alkyl halides is 2. The number of aromatic nitrogens is 2. The third-order valence-electron chi connectivity index (χ3n) is 5.01. The number of pyridine rings is 2. The van der Waals surface area contributed by atoms with Crippen molar-refractivity contribution in [1.82, 2.24) is 15.5 Å². The summed E-state index contributed by atoms with van der Waals surface area (Å²) < 4.78 is 56.0. The molecule has 0 amide bonds. The Morgan fingerprint density at radius 3 is 2.65 bits per heavy atom. The lowest BCUT2D eigenvalue weighted by Gasteiger charge is -2.26. The molecule has 0 atom stereocenters. The van der Waals surface area contributed by atoms with E-state index < -0.39 is 30.0 Å². The van der Waals surface area contributed by atoms with Crippen molar-refractivity contribution in [3.8, 4) is 17.9 Å². The topological polar surface area (TPSA) is 80.1 Å². The number of hydrazine groups is 2. The Morgan fingerprint density at radius 1 is 1.18 bits per heavy atom. The summed E-state index contributed by atoms with van der Waals surface area (Å²) in [7, 11) is 1.68. The van der Waals surface area contributed by atoms with E-state index >= 15 is 0 Å². The van der Waals surface area contributed by atoms with E-state index in [1.54, 1.807) is 25.9 Å². The standard InChI is InChI=1S/C23H19F4N7/c1-23(2,12-28)5-4-13-6-14(24)8-16(7-13)34(11-18(26)27)22-17-9-15(25)10-29-19(17)20-21(30-22)31-32-33(20)3/h6-10,18,32H,11H2,1-3H3,(H,30,31). The number of rotatable bonds is 4. The first-order valence-electron chi connectivity index (χ1n) is 10.1. The second-order valence-electron chi connectivity index (χ2n) is 8.16. The van der Waals surface area contributed by atoms with Crippen LogP contribution >= 0.6 is 0 Å². The minimum Gasteiger partial charge on any atom is -0.320 e. The molecule has 34 heavy (non-hydrogen) atoms. The van der Waals surface area contributed by atoms with Gasteiger partial charge in [-0.05, 0) is 38.1 Å². The summed E-state index contributed by atoms with van der Waals surface area (Å²) in [4.78, 5) is 9.67. The van der Waals surface area contributed by atoms with E-state index in [9.17, 15) is 17.6 Å². The van der Waals surface area contributed by atoms with Crippen molar-refractivity contribution in [2.75, 3.05) is 28.9 Å². The molecule has 0 fully saturated rings. The van der Waals surface area contributed by atoms with Gasteiger partial charge in [-0.2, -0.15) is 5.26 Å². The van der Waals surface area contributed by atoms with Crippen LogP contribution in [0.5, 0.6) is 0 Å². The Morgan fingerprint density at radius 2 is 1.94 bits per heavy atom. The number of nitrogens with zero attached hydrogens (tertiary/aromatic N) is 5. The maximum atomic E-state index is 14.5. The van der Waals surface area contributed by atoms with E-state index in [-0.39, 0.29) is 28.3 Å². The van der Waals surface area contributed by atoms with Gasteiger partial charge in [0.15, 0.2) is 5.82 Å². The predicted octanol–water partition coefficient (Wildman–Crippen LogP) is 4.49. The number of nitriles is 1. The molecule has 2 aromatic heterocycles. The molecule has 0 saturated carbocycles. The number of hydrogen-bond donors (Lipinski definition) is 2. The fourth-order valence-electron chi connectivity index (χ4n) is 3.44. The summed E-state index contributed by atoms with van der Waals surface area (Å²) in [6.45, 7) is 2.35. The highest BCUT2D eigenvalue weighted by Gasteiger charge is 2.28. The van der Waals surface area contributed by atoms with Gasteiger partial charge < -0.3 is 4.90 Å². The minimum absolute atomic E-state index is 0.0347. The van der Waals surface area contributed by atoms with Crippen LogP contribution in [0.4, 0.5) is 40.6 Å². The van der Waals surface area contributed by atoms with E-state index in [2.05, 4.69) is 32.8 Å². The molecule has 3 aromatic rings. The molecule has 0 aliphatic carbocycles. The maximum Gasteiger partial charge on any atom is 0.256 e. The van der Waals surface area contributed by atoms with Crippen LogP contribution in [0.3, 0.4) is 0 Å². The third kappa shape index (κ3) is 4.51. The van der Waals surface area contributed by atoms with Gasteiger partial charge in [-0.1, -0.05) is 11.8 Å². The quantitative estimate of drug-likeness (QED) is 0.430. The molecule has 1 aliphatic heterocycles. The first-order chi connectivity index (χ1) is 16.1. The van der Waals surface area contributed by atoms with Gasteiger partial charge in [0.05, 0.1) is 18.8 Å². The third-order valence-corrected chi connectivity index (χ3v) is 5.01. The highest BCUT2D eigenvalue weighted by molar-refractivity contribution is 6.04. The largest absolute Gasteiger partial charge is 0.320 e. The molecule has 0 unspecified atom stereocenters. The van der Waals surface area contributed by atoms with Crippen LogP contribution in [0.15, 0.2) is 30.5 Å². The average Bonchev–Trinajstić information content (AvgIpc) is 3.16. The number of fused-ring (bicyclic) bond motifs is 3. The molecule has 0 saturated heterocycles. The normalized spacial score (nSPS) is 12.7. The zero-order valence-corrected chi connectivity index (χ0v) is 18.4. The van der Waals surface area contributed by atoms with Crippen LogP contribution in [-0.2, 0) is 0 Å². The van der Waals surface area contributed by atoms with E-state index in [4.69, 9.17) is 5.26 Å². The number of halogens is 4. The highest BCUT2D eigenvalue weighted by Crippen LogP contribution is 2.40. The first kappa shape index (κ1) is 23.1. The van der Waals surface area contributed by atoms with Crippen LogP contribution < -0.4 is 20.9 Å². The smallest absolute Gasteiger partial charge is 0.256 e. The molecule has 0 radical (unpaired) electrons. The Balaban J connectivity index is 1.93. The Hall–Kier alpha value is -4.09. The summed E-state index contributed by atoms with van der Waals surface area (Å²) >= 11 is 0. The van der Waals surface area contributed by atoms with Crippen molar-refractivity contribution in [3.05, 3.63) is 47.7 Å². The summed E-state index contributed by atoms with van der Waals surface area (Å²) in [6, 6.07) is 6.78. The predicted molar refractivity (Wildman–Crippen MR) is 120 cm³/mol. The van der Waals surface area contributed by atoms with Crippen molar-refractivity contribution in [2.24, 2.45) is 5.41 Å². The van der Waals surface area contributed by atoms with Gasteiger partial charge in [-0.15, -0.1) is 5.53 Å². The van der Waals surface area contributed by atoms with Gasteiger partial charge >= 0.3 is 0 Å². The molecular formula is C23H19F4N7. The molecule has 174 valence electrons. The Labute approximate surface area is 193 Å². The van der Waals surface area contributed by atoms with Crippen molar-refractivity contribution in [3.63, 3.8) is 0 Å². The summed E-state index contributed by atoms with van der Waals surface area (Å²) in [5, 5.41) is 10.9. The van der Waals surface area contributed by atoms with Crippen LogP contribution in [0.2, 0.25) is 0 Å². The molecule has 4 rings (SSSR count). The van der Waals surface area contributed by atoms with E-state index in [1.807, 2.05) is 6.07 Å². The molecule has 7 nitrogen and oxygen atoms in total. The molecular weight excluding hydrogens is 450 g/mol. The lowest BCUT2D eigenvalue weighted by atomic mass is 9.96. The zero-order chi connectivity index (χ0) is 24.6. The van der Waals surface area contributed by atoms with Crippen molar-refractivity contribution in [1.29, 1.82) is 5.26 Å². The maximum absolute atomic E-state index is 14.5. The lowest BCUT2D eigenvalue weighted by Crippen LogP contribution is -2.31. The molecule has 1 aliphatic rings. The first-order valence-corrected chi connectivity index (χ1v) is 10.1. The summed E-state index contributed by atoms with van der Waals surface area (Å²) in [5.74, 6) is 4.31.